The summed E-state index contributed by atoms with van der Waals surface area (Å²) >= 11 is 0. The number of benzene rings is 1. The van der Waals surface area contributed by atoms with Gasteiger partial charge in [0, 0.05) is 17.9 Å². The number of fused-ring (bicyclic) bond motifs is 1. The summed E-state index contributed by atoms with van der Waals surface area (Å²) in [5.41, 5.74) is 0.723. The second kappa shape index (κ2) is 5.89. The Morgan fingerprint density at radius 3 is 2.72 bits per heavy atom. The molecular weight excluding hydrogens is 228 g/mol. The van der Waals surface area contributed by atoms with Gasteiger partial charge in [-0.1, -0.05) is 20.3 Å². The van der Waals surface area contributed by atoms with Gasteiger partial charge in [-0.15, -0.1) is 0 Å². The number of ketones is 1. The van der Waals surface area contributed by atoms with E-state index in [0.717, 1.165) is 24.2 Å². The van der Waals surface area contributed by atoms with E-state index in [2.05, 4.69) is 13.8 Å². The zero-order chi connectivity index (χ0) is 13.0. The molecule has 1 aliphatic heterocycles. The molecule has 0 aliphatic carbocycles. The van der Waals surface area contributed by atoms with Crippen molar-refractivity contribution >= 4 is 5.78 Å². The van der Waals surface area contributed by atoms with Crippen LogP contribution in [0.1, 0.15) is 43.5 Å². The summed E-state index contributed by atoms with van der Waals surface area (Å²) < 4.78 is 11.3. The minimum Gasteiger partial charge on any atom is -0.489 e. The number of Topliss-reactive ketones (excluding diaryl/α,β-unsaturated/α-hetero) is 1. The number of ether oxygens (including phenoxy) is 2. The highest BCUT2D eigenvalue weighted by Crippen LogP contribution is 2.31. The first-order valence-corrected chi connectivity index (χ1v) is 6.63. The lowest BCUT2D eigenvalue weighted by atomic mass is 10.1. The van der Waals surface area contributed by atoms with Gasteiger partial charge in [-0.2, -0.15) is 0 Å². The van der Waals surface area contributed by atoms with Crippen molar-refractivity contribution in [3.05, 3.63) is 23.8 Å². The molecule has 0 bridgehead atoms. The van der Waals surface area contributed by atoms with Crippen molar-refractivity contribution in [1.82, 2.24) is 0 Å². The van der Waals surface area contributed by atoms with Crippen LogP contribution in [0.25, 0.3) is 0 Å². The second-order valence-electron chi connectivity index (χ2n) is 4.92. The van der Waals surface area contributed by atoms with Crippen LogP contribution in [0, 0.1) is 5.92 Å². The van der Waals surface area contributed by atoms with Crippen molar-refractivity contribution in [2.45, 2.75) is 33.1 Å². The summed E-state index contributed by atoms with van der Waals surface area (Å²) in [7, 11) is 0. The predicted molar refractivity (Wildman–Crippen MR) is 70.5 cm³/mol. The monoisotopic (exact) mass is 248 g/mol. The zero-order valence-electron chi connectivity index (χ0n) is 11.1. The largest absolute Gasteiger partial charge is 0.489 e. The zero-order valence-corrected chi connectivity index (χ0v) is 11.1. The van der Waals surface area contributed by atoms with Crippen molar-refractivity contribution < 1.29 is 14.3 Å². The van der Waals surface area contributed by atoms with Gasteiger partial charge in [-0.3, -0.25) is 4.79 Å². The van der Waals surface area contributed by atoms with E-state index in [4.69, 9.17) is 9.47 Å². The SMILES string of the molecule is CCCCC(=O)c1ccc2c(c1)OCC(C)CO2. The number of carbonyl (C=O) groups is 1. The number of unbranched alkanes of at least 4 members (excludes halogenated alkanes) is 1. The maximum Gasteiger partial charge on any atom is 0.163 e. The van der Waals surface area contributed by atoms with Gasteiger partial charge in [0.15, 0.2) is 17.3 Å². The molecule has 2 rings (SSSR count). The minimum atomic E-state index is 0.181. The van der Waals surface area contributed by atoms with Gasteiger partial charge in [0.05, 0.1) is 13.2 Å². The molecular formula is C15H20O3. The highest BCUT2D eigenvalue weighted by atomic mass is 16.5. The van der Waals surface area contributed by atoms with Crippen molar-refractivity contribution in [2.24, 2.45) is 5.92 Å². The molecule has 1 heterocycles. The Kier molecular flexibility index (Phi) is 4.24. The molecule has 0 aromatic heterocycles. The van der Waals surface area contributed by atoms with Gasteiger partial charge in [0.2, 0.25) is 0 Å². The van der Waals surface area contributed by atoms with Crippen LogP contribution in [0.3, 0.4) is 0 Å². The fourth-order valence-electron chi connectivity index (χ4n) is 1.91. The quantitative estimate of drug-likeness (QED) is 0.765. The van der Waals surface area contributed by atoms with Gasteiger partial charge < -0.3 is 9.47 Å². The average molecular weight is 248 g/mol. The lowest BCUT2D eigenvalue weighted by Gasteiger charge is -2.08. The van der Waals surface area contributed by atoms with E-state index < -0.39 is 0 Å². The fourth-order valence-corrected chi connectivity index (χ4v) is 1.91. The van der Waals surface area contributed by atoms with E-state index in [1.165, 1.54) is 0 Å². The second-order valence-corrected chi connectivity index (χ2v) is 4.92. The molecule has 0 saturated heterocycles. The third kappa shape index (κ3) is 3.03. The van der Waals surface area contributed by atoms with E-state index in [1.807, 2.05) is 18.2 Å². The molecule has 3 heteroatoms. The van der Waals surface area contributed by atoms with Crippen LogP contribution in [-0.4, -0.2) is 19.0 Å². The van der Waals surface area contributed by atoms with Crippen LogP contribution in [-0.2, 0) is 0 Å². The maximum absolute atomic E-state index is 11.9. The Labute approximate surface area is 108 Å². The van der Waals surface area contributed by atoms with Gasteiger partial charge in [0.25, 0.3) is 0 Å². The average Bonchev–Trinajstić information content (AvgIpc) is 2.58. The van der Waals surface area contributed by atoms with Crippen LogP contribution in [0.2, 0.25) is 0 Å². The molecule has 1 aliphatic rings. The molecule has 98 valence electrons. The number of hydrogen-bond donors (Lipinski definition) is 0. The van der Waals surface area contributed by atoms with Crippen LogP contribution in [0.4, 0.5) is 0 Å². The van der Waals surface area contributed by atoms with Crippen LogP contribution < -0.4 is 9.47 Å². The van der Waals surface area contributed by atoms with Crippen LogP contribution in [0.5, 0.6) is 11.5 Å². The van der Waals surface area contributed by atoms with Gasteiger partial charge >= 0.3 is 0 Å². The molecule has 1 atom stereocenters. The third-order valence-electron chi connectivity index (χ3n) is 3.07. The summed E-state index contributed by atoms with van der Waals surface area (Å²) in [5.74, 6) is 1.99. The van der Waals surface area contributed by atoms with Crippen molar-refractivity contribution in [3.8, 4) is 11.5 Å². The summed E-state index contributed by atoms with van der Waals surface area (Å²) in [5, 5.41) is 0. The fraction of sp³-hybridized carbons (Fsp3) is 0.533. The Balaban J connectivity index is 2.14. The Hall–Kier alpha value is -1.51. The van der Waals surface area contributed by atoms with Crippen molar-refractivity contribution in [1.29, 1.82) is 0 Å². The minimum absolute atomic E-state index is 0.181. The molecule has 0 radical (unpaired) electrons. The standard InChI is InChI=1S/C15H20O3/c1-3-4-5-13(16)12-6-7-14-15(8-12)18-10-11(2)9-17-14/h6-8,11H,3-5,9-10H2,1-2H3. The molecule has 1 unspecified atom stereocenters. The van der Waals surface area contributed by atoms with E-state index in [1.54, 1.807) is 0 Å². The van der Waals surface area contributed by atoms with Crippen molar-refractivity contribution in [3.63, 3.8) is 0 Å². The van der Waals surface area contributed by atoms with Crippen LogP contribution in [0.15, 0.2) is 18.2 Å². The van der Waals surface area contributed by atoms with Crippen LogP contribution >= 0.6 is 0 Å². The molecule has 18 heavy (non-hydrogen) atoms. The summed E-state index contributed by atoms with van der Waals surface area (Å²) in [4.78, 5) is 11.9. The van der Waals surface area contributed by atoms with E-state index in [-0.39, 0.29) is 5.78 Å². The van der Waals surface area contributed by atoms with E-state index >= 15 is 0 Å². The first-order chi connectivity index (χ1) is 8.70. The summed E-state index contributed by atoms with van der Waals surface area (Å²) in [6.07, 6.45) is 2.57. The van der Waals surface area contributed by atoms with Gasteiger partial charge in [-0.25, -0.2) is 0 Å². The Morgan fingerprint density at radius 1 is 1.28 bits per heavy atom. The van der Waals surface area contributed by atoms with E-state index in [0.29, 0.717) is 31.3 Å². The highest BCUT2D eigenvalue weighted by molar-refractivity contribution is 5.96. The Morgan fingerprint density at radius 2 is 2.00 bits per heavy atom. The number of hydrogen-bond acceptors (Lipinski definition) is 3. The number of rotatable bonds is 4. The molecule has 0 N–H and O–H groups in total. The Bertz CT molecular complexity index is 426. The predicted octanol–water partition coefficient (Wildman–Crippen LogP) is 3.47. The number of carbonyl (C=O) groups excluding carboxylic acids is 1. The van der Waals surface area contributed by atoms with Gasteiger partial charge in [-0.05, 0) is 24.6 Å². The highest BCUT2D eigenvalue weighted by Gasteiger charge is 2.16. The normalized spacial score (nSPS) is 18.2. The first kappa shape index (κ1) is 12.9. The topological polar surface area (TPSA) is 35.5 Å². The molecule has 0 saturated carbocycles. The molecule has 0 fully saturated rings. The molecule has 0 amide bonds. The maximum atomic E-state index is 11.9. The van der Waals surface area contributed by atoms with Gasteiger partial charge in [0.1, 0.15) is 0 Å². The molecule has 1 aromatic rings. The van der Waals surface area contributed by atoms with Crippen molar-refractivity contribution in [2.75, 3.05) is 13.2 Å². The molecule has 3 nitrogen and oxygen atoms in total. The first-order valence-electron chi connectivity index (χ1n) is 6.63. The van der Waals surface area contributed by atoms with E-state index in [9.17, 15) is 4.79 Å². The smallest absolute Gasteiger partial charge is 0.163 e. The summed E-state index contributed by atoms with van der Waals surface area (Å²) in [6, 6.07) is 5.48. The molecule has 1 aromatic carbocycles. The third-order valence-corrected chi connectivity index (χ3v) is 3.07. The summed E-state index contributed by atoms with van der Waals surface area (Å²) in [6.45, 7) is 5.47. The molecule has 0 spiro atoms. The lowest BCUT2D eigenvalue weighted by molar-refractivity contribution is 0.0979. The lowest BCUT2D eigenvalue weighted by Crippen LogP contribution is -2.12.